The summed E-state index contributed by atoms with van der Waals surface area (Å²) >= 11 is 0. The highest BCUT2D eigenvalue weighted by Gasteiger charge is 2.39. The lowest BCUT2D eigenvalue weighted by atomic mass is 9.68. The van der Waals surface area contributed by atoms with Crippen molar-refractivity contribution in [1.29, 1.82) is 0 Å². The number of hydrogen-bond donors (Lipinski definition) is 0. The van der Waals surface area contributed by atoms with E-state index in [0.29, 0.717) is 40.9 Å². The summed E-state index contributed by atoms with van der Waals surface area (Å²) in [5, 5.41) is 0. The van der Waals surface area contributed by atoms with Crippen molar-refractivity contribution in [3.8, 4) is 51.7 Å². The molecule has 9 aromatic carbocycles. The van der Waals surface area contributed by atoms with Crippen LogP contribution in [0.1, 0.15) is 30.0 Å². The molecule has 0 heterocycles. The number of para-hydroxylation sites is 6. The van der Waals surface area contributed by atoms with Crippen LogP contribution in [0.4, 0.5) is 0 Å². The molecule has 0 spiro atoms. The zero-order chi connectivity index (χ0) is 49.7. The quantitative estimate of drug-likeness (QED) is 0.0472. The van der Waals surface area contributed by atoms with E-state index in [1.165, 1.54) is 0 Å². The Hall–Kier alpha value is -8.13. The molecule has 0 aliphatic rings. The van der Waals surface area contributed by atoms with Gasteiger partial charge in [-0.25, -0.2) is 0 Å². The zero-order valence-corrected chi connectivity index (χ0v) is 41.4. The molecular formula is C57H47O12P3. The van der Waals surface area contributed by atoms with E-state index in [4.69, 9.17) is 40.7 Å². The summed E-state index contributed by atoms with van der Waals surface area (Å²) in [7, 11) is -12.9. The Kier molecular flexibility index (Phi) is 15.1. The van der Waals surface area contributed by atoms with Gasteiger partial charge in [0.2, 0.25) is 0 Å². The van der Waals surface area contributed by atoms with Crippen LogP contribution in [0.5, 0.6) is 51.7 Å². The number of rotatable bonds is 22. The molecular weight excluding hydrogens is 970 g/mol. The standard InChI is InChI=1S/C57H47O12P3/c1-2-57(45-33-39-54(40-34-45)67-70(58,61-48-21-9-3-10-22-48)62-49-23-11-4-12-24-49,46-35-41-55(42-36-46)68-71(59,63-50-25-13-5-14-26-50)64-51-27-15-6-16-28-51)47-37-43-56(44-38-47)69-72(60,65-52-29-17-7-18-30-52)66-53-31-19-8-20-32-53/h3-44H,2H2,1H3. The minimum absolute atomic E-state index is 0.214. The lowest BCUT2D eigenvalue weighted by Crippen LogP contribution is -2.28. The highest BCUT2D eigenvalue weighted by atomic mass is 31.2. The van der Waals surface area contributed by atoms with Gasteiger partial charge in [0.1, 0.15) is 51.7 Å². The van der Waals surface area contributed by atoms with Crippen molar-refractivity contribution in [2.45, 2.75) is 18.8 Å². The molecule has 12 nitrogen and oxygen atoms in total. The molecule has 9 aromatic rings. The summed E-state index contributed by atoms with van der Waals surface area (Å²) < 4.78 is 96.9. The lowest BCUT2D eigenvalue weighted by Gasteiger charge is -2.35. The molecule has 0 aliphatic carbocycles. The van der Waals surface area contributed by atoms with Crippen LogP contribution in [0.2, 0.25) is 0 Å². The molecule has 0 unspecified atom stereocenters. The topological polar surface area (TPSA) is 134 Å². The molecule has 0 fully saturated rings. The highest BCUT2D eigenvalue weighted by molar-refractivity contribution is 7.50. The zero-order valence-electron chi connectivity index (χ0n) is 38.7. The third kappa shape index (κ3) is 12.4. The van der Waals surface area contributed by atoms with E-state index in [1.54, 1.807) is 182 Å². The van der Waals surface area contributed by atoms with Gasteiger partial charge >= 0.3 is 23.5 Å². The summed E-state index contributed by atoms with van der Waals surface area (Å²) in [6.07, 6.45) is 0.500. The lowest BCUT2D eigenvalue weighted by molar-refractivity contribution is 0.296. The Morgan fingerprint density at radius 2 is 0.403 bits per heavy atom. The van der Waals surface area contributed by atoms with Crippen LogP contribution in [-0.2, 0) is 19.1 Å². The first-order valence-corrected chi connectivity index (χ1v) is 27.1. The maximum Gasteiger partial charge on any atom is 0.647 e. The van der Waals surface area contributed by atoms with Crippen molar-refractivity contribution in [3.63, 3.8) is 0 Å². The minimum atomic E-state index is -4.31. The fourth-order valence-electron chi connectivity index (χ4n) is 7.73. The summed E-state index contributed by atoms with van der Waals surface area (Å²) in [5.74, 6) is 2.41. The Morgan fingerprint density at radius 3 is 0.556 bits per heavy atom. The Morgan fingerprint density at radius 1 is 0.250 bits per heavy atom. The van der Waals surface area contributed by atoms with Gasteiger partial charge in [-0.3, -0.25) is 0 Å². The van der Waals surface area contributed by atoms with Gasteiger partial charge in [-0.1, -0.05) is 153 Å². The second-order valence-electron chi connectivity index (χ2n) is 15.9. The SMILES string of the molecule is CCC(c1ccc(OP(=O)(Oc2ccccc2)Oc2ccccc2)cc1)(c1ccc(OP(=O)(Oc2ccccc2)Oc2ccccc2)cc1)c1ccc(OP(=O)(Oc2ccccc2)Oc2ccccc2)cc1. The van der Waals surface area contributed by atoms with Crippen molar-refractivity contribution >= 4 is 23.5 Å². The van der Waals surface area contributed by atoms with Crippen molar-refractivity contribution in [1.82, 2.24) is 0 Å². The van der Waals surface area contributed by atoms with Gasteiger partial charge in [-0.2, -0.15) is 13.7 Å². The van der Waals surface area contributed by atoms with Crippen LogP contribution in [0.15, 0.2) is 255 Å². The van der Waals surface area contributed by atoms with Crippen LogP contribution in [0.3, 0.4) is 0 Å². The van der Waals surface area contributed by atoms with Gasteiger partial charge in [0.05, 0.1) is 0 Å². The highest BCUT2D eigenvalue weighted by Crippen LogP contribution is 2.54. The average Bonchev–Trinajstić information content (AvgIpc) is 3.39. The summed E-state index contributed by atoms with van der Waals surface area (Å²) in [5.41, 5.74) is 1.51. The largest absolute Gasteiger partial charge is 0.647 e. The van der Waals surface area contributed by atoms with E-state index in [0.717, 1.165) is 16.7 Å². The molecule has 0 N–H and O–H groups in total. The Bertz CT molecular complexity index is 2780. The van der Waals surface area contributed by atoms with Crippen LogP contribution in [-0.4, -0.2) is 0 Å². The Labute approximate surface area is 418 Å². The van der Waals surface area contributed by atoms with E-state index < -0.39 is 28.9 Å². The number of phosphoric ester groups is 3. The van der Waals surface area contributed by atoms with Crippen molar-refractivity contribution < 1.29 is 54.4 Å². The molecule has 0 aromatic heterocycles. The molecule has 9 rings (SSSR count). The van der Waals surface area contributed by atoms with E-state index in [9.17, 15) is 13.7 Å². The van der Waals surface area contributed by atoms with Crippen LogP contribution in [0.25, 0.3) is 0 Å². The molecule has 0 atom stereocenters. The predicted octanol–water partition coefficient (Wildman–Crippen LogP) is 16.4. The van der Waals surface area contributed by atoms with Crippen molar-refractivity contribution in [2.24, 2.45) is 0 Å². The van der Waals surface area contributed by atoms with Gasteiger partial charge in [-0.15, -0.1) is 0 Å². The number of benzene rings is 9. The molecule has 0 aliphatic heterocycles. The molecule has 15 heteroatoms. The van der Waals surface area contributed by atoms with Gasteiger partial charge < -0.3 is 40.7 Å². The van der Waals surface area contributed by atoms with E-state index >= 15 is 0 Å². The predicted molar refractivity (Wildman–Crippen MR) is 277 cm³/mol. The average molecular weight is 1020 g/mol. The monoisotopic (exact) mass is 1020 g/mol. The van der Waals surface area contributed by atoms with E-state index in [1.807, 2.05) is 79.7 Å². The fourth-order valence-corrected chi connectivity index (χ4v) is 11.5. The molecule has 0 radical (unpaired) electrons. The maximum absolute atomic E-state index is 14.4. The first kappa shape index (κ1) is 48.9. The van der Waals surface area contributed by atoms with Crippen molar-refractivity contribution in [2.75, 3.05) is 0 Å². The van der Waals surface area contributed by atoms with E-state index in [-0.39, 0.29) is 17.2 Å². The summed E-state index contributed by atoms with van der Waals surface area (Å²) in [6, 6.07) is 73.2. The molecule has 0 bridgehead atoms. The van der Waals surface area contributed by atoms with Gasteiger partial charge in [-0.05, 0) is 132 Å². The number of phosphoric acid groups is 3. The first-order chi connectivity index (χ1) is 35.1. The van der Waals surface area contributed by atoms with Gasteiger partial charge in [0.15, 0.2) is 0 Å². The van der Waals surface area contributed by atoms with Gasteiger partial charge in [0.25, 0.3) is 0 Å². The van der Waals surface area contributed by atoms with Crippen molar-refractivity contribution in [3.05, 3.63) is 271 Å². The molecule has 0 saturated carbocycles. The summed E-state index contributed by atoms with van der Waals surface area (Å²) in [6.45, 7) is 2.04. The number of hydrogen-bond acceptors (Lipinski definition) is 12. The van der Waals surface area contributed by atoms with Crippen LogP contribution < -0.4 is 40.7 Å². The van der Waals surface area contributed by atoms with Crippen LogP contribution in [0, 0.1) is 0 Å². The molecule has 0 saturated heterocycles. The molecule has 72 heavy (non-hydrogen) atoms. The third-order valence-corrected chi connectivity index (χ3v) is 14.9. The smallest absolute Gasteiger partial charge is 0.386 e. The first-order valence-electron chi connectivity index (χ1n) is 22.8. The van der Waals surface area contributed by atoms with E-state index in [2.05, 4.69) is 0 Å². The minimum Gasteiger partial charge on any atom is -0.386 e. The maximum atomic E-state index is 14.4. The van der Waals surface area contributed by atoms with Crippen LogP contribution >= 0.6 is 23.5 Å². The molecule has 362 valence electrons. The second kappa shape index (κ2) is 22.3. The summed E-state index contributed by atoms with van der Waals surface area (Å²) in [4.78, 5) is 0. The third-order valence-electron chi connectivity index (χ3n) is 11.0. The molecule has 0 amide bonds. The fraction of sp³-hybridized carbons (Fsp3) is 0.0526. The Balaban J connectivity index is 1.07. The second-order valence-corrected chi connectivity index (χ2v) is 20.2. The van der Waals surface area contributed by atoms with Gasteiger partial charge in [0, 0.05) is 5.41 Å². The normalized spacial score (nSPS) is 11.6.